The standard InChI is InChI=1S/C21H24N2O/c1-20(2)16-11-10-15-18(14-8-6-5-7-9-14)23(4)22-19(15)21(16,3)13-12-17(20)24/h5-9,12-13,16H,10-11H2,1-4H3/t16-,21-/m0/s1. The van der Waals surface area contributed by atoms with Crippen molar-refractivity contribution in [3.05, 3.63) is 53.7 Å². The van der Waals surface area contributed by atoms with Gasteiger partial charge in [0.1, 0.15) is 0 Å². The van der Waals surface area contributed by atoms with Crippen LogP contribution in [0.4, 0.5) is 0 Å². The van der Waals surface area contributed by atoms with Crippen molar-refractivity contribution in [2.45, 2.75) is 39.0 Å². The fourth-order valence-corrected chi connectivity index (χ4v) is 4.89. The fraction of sp³-hybridized carbons (Fsp3) is 0.429. The van der Waals surface area contributed by atoms with Crippen LogP contribution in [0, 0.1) is 11.3 Å². The number of fused-ring (bicyclic) bond motifs is 3. The van der Waals surface area contributed by atoms with Crippen LogP contribution in [0.5, 0.6) is 0 Å². The summed E-state index contributed by atoms with van der Waals surface area (Å²) in [5, 5.41) is 4.93. The number of aromatic nitrogens is 2. The Morgan fingerprint density at radius 2 is 1.88 bits per heavy atom. The van der Waals surface area contributed by atoms with E-state index in [0.29, 0.717) is 5.92 Å². The molecule has 24 heavy (non-hydrogen) atoms. The van der Waals surface area contributed by atoms with E-state index in [1.807, 2.05) is 17.8 Å². The summed E-state index contributed by atoms with van der Waals surface area (Å²) < 4.78 is 2.02. The van der Waals surface area contributed by atoms with Gasteiger partial charge in [-0.1, -0.05) is 57.2 Å². The second-order valence-corrected chi connectivity index (χ2v) is 7.96. The lowest BCUT2D eigenvalue weighted by Gasteiger charge is -2.48. The molecular formula is C21H24N2O. The van der Waals surface area contributed by atoms with Crippen LogP contribution in [0.25, 0.3) is 11.3 Å². The van der Waals surface area contributed by atoms with Gasteiger partial charge in [0.15, 0.2) is 5.78 Å². The second kappa shape index (κ2) is 4.92. The van der Waals surface area contributed by atoms with Crippen molar-refractivity contribution >= 4 is 5.78 Å². The van der Waals surface area contributed by atoms with Crippen molar-refractivity contribution in [3.63, 3.8) is 0 Å². The quantitative estimate of drug-likeness (QED) is 0.794. The molecular weight excluding hydrogens is 296 g/mol. The molecule has 124 valence electrons. The SMILES string of the molecule is Cn1nc2c(c1-c1ccccc1)CC[C@H]1C(C)(C)C(=O)C=C[C@]21C. The lowest BCUT2D eigenvalue weighted by Crippen LogP contribution is -2.49. The van der Waals surface area contributed by atoms with Gasteiger partial charge in [0.2, 0.25) is 0 Å². The van der Waals surface area contributed by atoms with E-state index >= 15 is 0 Å². The number of ketones is 1. The second-order valence-electron chi connectivity index (χ2n) is 7.96. The van der Waals surface area contributed by atoms with Crippen molar-refractivity contribution in [3.8, 4) is 11.3 Å². The van der Waals surface area contributed by atoms with Gasteiger partial charge in [0.25, 0.3) is 0 Å². The van der Waals surface area contributed by atoms with Gasteiger partial charge in [-0.3, -0.25) is 9.48 Å². The average molecular weight is 320 g/mol. The smallest absolute Gasteiger partial charge is 0.161 e. The molecule has 0 radical (unpaired) electrons. The summed E-state index contributed by atoms with van der Waals surface area (Å²) in [6.07, 6.45) is 5.89. The zero-order valence-corrected chi connectivity index (χ0v) is 14.8. The Morgan fingerprint density at radius 3 is 2.58 bits per heavy atom. The summed E-state index contributed by atoms with van der Waals surface area (Å²) in [6.45, 7) is 6.43. The number of rotatable bonds is 1. The molecule has 0 amide bonds. The van der Waals surface area contributed by atoms with E-state index in [9.17, 15) is 4.79 Å². The van der Waals surface area contributed by atoms with Crippen molar-refractivity contribution in [2.75, 3.05) is 0 Å². The highest BCUT2D eigenvalue weighted by atomic mass is 16.1. The maximum absolute atomic E-state index is 12.4. The molecule has 3 nitrogen and oxygen atoms in total. The Balaban J connectivity index is 1.92. The number of carbonyl (C=O) groups excluding carboxylic acids is 1. The van der Waals surface area contributed by atoms with Crippen LogP contribution >= 0.6 is 0 Å². The topological polar surface area (TPSA) is 34.9 Å². The van der Waals surface area contributed by atoms with Crippen molar-refractivity contribution in [1.29, 1.82) is 0 Å². The van der Waals surface area contributed by atoms with Crippen LogP contribution < -0.4 is 0 Å². The Labute approximate surface area is 143 Å². The van der Waals surface area contributed by atoms with Crippen molar-refractivity contribution in [2.24, 2.45) is 18.4 Å². The average Bonchev–Trinajstić information content (AvgIpc) is 2.90. The fourth-order valence-electron chi connectivity index (χ4n) is 4.89. The molecule has 0 saturated heterocycles. The third-order valence-corrected chi connectivity index (χ3v) is 6.20. The van der Waals surface area contributed by atoms with Gasteiger partial charge < -0.3 is 0 Å². The molecule has 2 aromatic rings. The minimum atomic E-state index is -0.328. The Hall–Kier alpha value is -2.16. The maximum atomic E-state index is 12.4. The lowest BCUT2D eigenvalue weighted by molar-refractivity contribution is -0.127. The van der Waals surface area contributed by atoms with E-state index in [4.69, 9.17) is 5.10 Å². The predicted molar refractivity (Wildman–Crippen MR) is 95.7 cm³/mol. The number of allylic oxidation sites excluding steroid dienone is 2. The summed E-state index contributed by atoms with van der Waals surface area (Å²) in [5.74, 6) is 0.543. The third-order valence-electron chi connectivity index (χ3n) is 6.20. The minimum Gasteiger partial charge on any atom is -0.294 e. The number of aryl methyl sites for hydroxylation is 1. The van der Waals surface area contributed by atoms with Gasteiger partial charge in [0.05, 0.1) is 11.4 Å². The number of benzene rings is 1. The first-order valence-corrected chi connectivity index (χ1v) is 8.71. The van der Waals surface area contributed by atoms with Crippen LogP contribution in [0.15, 0.2) is 42.5 Å². The van der Waals surface area contributed by atoms with Crippen molar-refractivity contribution < 1.29 is 4.79 Å². The number of carbonyl (C=O) groups is 1. The van der Waals surface area contributed by atoms with Gasteiger partial charge >= 0.3 is 0 Å². The molecule has 0 fully saturated rings. The van der Waals surface area contributed by atoms with Crippen LogP contribution in [0.2, 0.25) is 0 Å². The maximum Gasteiger partial charge on any atom is 0.161 e. The molecule has 0 spiro atoms. The van der Waals surface area contributed by atoms with E-state index in [1.54, 1.807) is 6.08 Å². The molecule has 2 aliphatic rings. The normalized spacial score (nSPS) is 27.7. The zero-order valence-electron chi connectivity index (χ0n) is 14.8. The van der Waals surface area contributed by atoms with Gasteiger partial charge in [-0.25, -0.2) is 0 Å². The molecule has 2 atom stereocenters. The monoisotopic (exact) mass is 320 g/mol. The largest absolute Gasteiger partial charge is 0.294 e. The molecule has 2 aliphatic carbocycles. The van der Waals surface area contributed by atoms with Crippen molar-refractivity contribution in [1.82, 2.24) is 9.78 Å². The predicted octanol–water partition coefficient (Wildman–Crippen LogP) is 4.07. The molecule has 1 aromatic carbocycles. The van der Waals surface area contributed by atoms with Crippen LogP contribution in [-0.4, -0.2) is 15.6 Å². The van der Waals surface area contributed by atoms with Gasteiger partial charge in [-0.05, 0) is 24.8 Å². The first-order chi connectivity index (χ1) is 11.4. The summed E-state index contributed by atoms with van der Waals surface area (Å²) in [5.41, 5.74) is 4.43. The molecule has 0 saturated carbocycles. The molecule has 1 aromatic heterocycles. The van der Waals surface area contributed by atoms with E-state index in [0.717, 1.165) is 18.5 Å². The first kappa shape index (κ1) is 15.4. The van der Waals surface area contributed by atoms with E-state index in [-0.39, 0.29) is 16.6 Å². The summed E-state index contributed by atoms with van der Waals surface area (Å²) in [7, 11) is 2.03. The summed E-state index contributed by atoms with van der Waals surface area (Å²) >= 11 is 0. The molecule has 0 N–H and O–H groups in total. The van der Waals surface area contributed by atoms with E-state index < -0.39 is 0 Å². The number of hydrogen-bond acceptors (Lipinski definition) is 2. The Morgan fingerprint density at radius 1 is 1.17 bits per heavy atom. The Bertz CT molecular complexity index is 844. The van der Waals surface area contributed by atoms with Crippen LogP contribution in [-0.2, 0) is 23.7 Å². The van der Waals surface area contributed by atoms with E-state index in [1.165, 1.54) is 16.8 Å². The molecule has 0 unspecified atom stereocenters. The summed E-state index contributed by atoms with van der Waals surface area (Å²) in [4.78, 5) is 12.4. The van der Waals surface area contributed by atoms with Gasteiger partial charge in [-0.2, -0.15) is 5.10 Å². The molecule has 1 heterocycles. The highest BCUT2D eigenvalue weighted by molar-refractivity contribution is 5.96. The molecule has 0 aliphatic heterocycles. The highest BCUT2D eigenvalue weighted by Crippen LogP contribution is 2.54. The first-order valence-electron chi connectivity index (χ1n) is 8.71. The lowest BCUT2D eigenvalue weighted by atomic mass is 9.53. The van der Waals surface area contributed by atoms with Gasteiger partial charge in [-0.15, -0.1) is 0 Å². The molecule has 3 heteroatoms. The zero-order chi connectivity index (χ0) is 17.1. The third kappa shape index (κ3) is 1.90. The molecule has 0 bridgehead atoms. The molecule has 4 rings (SSSR count). The van der Waals surface area contributed by atoms with E-state index in [2.05, 4.69) is 51.1 Å². The number of nitrogens with zero attached hydrogens (tertiary/aromatic N) is 2. The van der Waals surface area contributed by atoms with Crippen LogP contribution in [0.3, 0.4) is 0 Å². The minimum absolute atomic E-state index is 0.171. The highest BCUT2D eigenvalue weighted by Gasteiger charge is 2.53. The Kier molecular flexibility index (Phi) is 3.15. The van der Waals surface area contributed by atoms with Gasteiger partial charge in [0, 0.05) is 29.0 Å². The van der Waals surface area contributed by atoms with Crippen LogP contribution in [0.1, 0.15) is 38.4 Å². The number of hydrogen-bond donors (Lipinski definition) is 0. The summed E-state index contributed by atoms with van der Waals surface area (Å²) in [6, 6.07) is 10.5.